The van der Waals surface area contributed by atoms with Gasteiger partial charge in [-0.1, -0.05) is 0 Å². The van der Waals surface area contributed by atoms with E-state index in [1.165, 1.54) is 0 Å². The molecule has 0 aromatic heterocycles. The molecule has 0 saturated carbocycles. The Bertz CT molecular complexity index is 16.0. The van der Waals surface area contributed by atoms with Gasteiger partial charge >= 0.3 is 68.5 Å². The summed E-state index contributed by atoms with van der Waals surface area (Å²) in [7, 11) is 0. The zero-order valence-corrected chi connectivity index (χ0v) is 12.9. The van der Waals surface area contributed by atoms with Gasteiger partial charge in [-0.15, -0.1) is 0 Å². The van der Waals surface area contributed by atoms with E-state index in [0.717, 1.165) is 0 Å². The molecular weight excluding hydrogens is 269 g/mol. The van der Waals surface area contributed by atoms with Gasteiger partial charge in [-0.25, -0.2) is 0 Å². The molecule has 0 N–H and O–H groups in total. The average Bonchev–Trinajstić information content (AvgIpc) is 0. The minimum absolute atomic E-state index is 0. The normalized spacial score (nSPS) is 0. The van der Waals surface area contributed by atoms with Gasteiger partial charge < -0.3 is 5.71 Å². The molecule has 0 aliphatic heterocycles. The molecule has 4 heteroatoms. The van der Waals surface area contributed by atoms with Crippen LogP contribution < -0.4 is 0 Å². The van der Waals surface area contributed by atoms with Crippen molar-refractivity contribution in [1.82, 2.24) is 0 Å². The summed E-state index contributed by atoms with van der Waals surface area (Å²) in [4.78, 5) is 0. The van der Waals surface area contributed by atoms with E-state index in [9.17, 15) is 0 Å². The van der Waals surface area contributed by atoms with Crippen molar-refractivity contribution < 1.29 is 51.4 Å². The van der Waals surface area contributed by atoms with E-state index in [1.54, 1.807) is 0 Å². The fourth-order valence-corrected chi connectivity index (χ4v) is 0. The Balaban J connectivity index is 0. The molecule has 0 aliphatic carbocycles. The van der Waals surface area contributed by atoms with Crippen LogP contribution in [0.15, 0.2) is 0 Å². The molecule has 14 valence electrons. The third kappa shape index (κ3) is 9.23. The Kier molecular flexibility index (Phi) is 99.6. The molecule has 0 radical (unpaired) electrons. The van der Waals surface area contributed by atoms with Gasteiger partial charge in [0, 0.05) is 45.7 Å². The molecule has 4 heavy (non-hydrogen) atoms. The van der Waals surface area contributed by atoms with E-state index < -0.39 is 0 Å². The summed E-state index contributed by atoms with van der Waals surface area (Å²) in [6.45, 7) is 0. The van der Waals surface area contributed by atoms with Gasteiger partial charge in [-0.3, -0.25) is 0 Å². The topological polar surface area (TPSA) is 0 Å². The maximum absolute atomic E-state index is 0. The quantitative estimate of drug-likeness (QED) is 0.531. The number of hydrogen-bond acceptors (Lipinski definition) is 0. The summed E-state index contributed by atoms with van der Waals surface area (Å²) >= 11 is 0. The Hall–Kier alpha value is 3.75. The standard InChI is InChI=1S/Mg.Sr.Zn.Zr.4H/q2*+2;;;4*-1. The van der Waals surface area contributed by atoms with Crippen LogP contribution in [0.25, 0.3) is 0 Å². The second-order valence-corrected chi connectivity index (χ2v) is 0. The van der Waals surface area contributed by atoms with E-state index in [0.29, 0.717) is 0 Å². The van der Waals surface area contributed by atoms with Crippen LogP contribution >= 0.6 is 0 Å². The fraction of sp³-hybridized carbons (Fsp3) is 0. The van der Waals surface area contributed by atoms with E-state index >= 15 is 0 Å². The molecule has 0 nitrogen and oxygen atoms in total. The van der Waals surface area contributed by atoms with Gasteiger partial charge in [0.05, 0.1) is 0 Å². The first-order chi connectivity index (χ1) is 0. The van der Waals surface area contributed by atoms with Crippen LogP contribution in [0, 0.1) is 0 Å². The first-order valence-electron chi connectivity index (χ1n) is 0. The van der Waals surface area contributed by atoms with Crippen LogP contribution in [0.2, 0.25) is 0 Å². The van der Waals surface area contributed by atoms with Crippen LogP contribution in [0.4, 0.5) is 0 Å². The SMILES string of the molecule is [H-].[H-].[H-].[H-].[Mg+2].[Sr+2].[Zn].[Zr]. The summed E-state index contributed by atoms with van der Waals surface area (Å²) < 4.78 is 0. The van der Waals surface area contributed by atoms with Crippen molar-refractivity contribution in [2.45, 2.75) is 0 Å². The van der Waals surface area contributed by atoms with E-state index in [2.05, 4.69) is 0 Å². The third-order valence-corrected chi connectivity index (χ3v) is 0. The zero-order valence-electron chi connectivity index (χ0n) is 6.62. The average molecular weight is 273 g/mol. The van der Waals surface area contributed by atoms with Gasteiger partial charge in [0.15, 0.2) is 0 Å². The molecule has 0 heterocycles. The molecule has 0 spiro atoms. The first kappa shape index (κ1) is 25.1. The summed E-state index contributed by atoms with van der Waals surface area (Å²) in [6.07, 6.45) is 0. The van der Waals surface area contributed by atoms with Crippen LogP contribution in [0.1, 0.15) is 5.71 Å². The summed E-state index contributed by atoms with van der Waals surface area (Å²) in [5, 5.41) is 0. The Morgan fingerprint density at radius 3 is 1.25 bits per heavy atom. The van der Waals surface area contributed by atoms with Gasteiger partial charge in [0.25, 0.3) is 0 Å². The second-order valence-electron chi connectivity index (χ2n) is 0. The zero-order chi connectivity index (χ0) is 0. The monoisotopic (exact) mass is 270 g/mol. The van der Waals surface area contributed by atoms with Crippen molar-refractivity contribution in [2.24, 2.45) is 0 Å². The third-order valence-electron chi connectivity index (χ3n) is 0. The minimum atomic E-state index is 0. The fourth-order valence-electron chi connectivity index (χ4n) is 0. The molecule has 0 amide bonds. The largest absolute Gasteiger partial charge is 2.00 e. The van der Waals surface area contributed by atoms with Crippen molar-refractivity contribution in [3.05, 3.63) is 0 Å². The van der Waals surface area contributed by atoms with Gasteiger partial charge in [-0.05, 0) is 0 Å². The number of hydrogen-bond donors (Lipinski definition) is 0. The van der Waals surface area contributed by atoms with Crippen molar-refractivity contribution in [3.8, 4) is 0 Å². The van der Waals surface area contributed by atoms with Crippen molar-refractivity contribution in [2.75, 3.05) is 0 Å². The molecule has 0 aromatic carbocycles. The van der Waals surface area contributed by atoms with Crippen LogP contribution in [0.3, 0.4) is 0 Å². The predicted molar refractivity (Wildman–Crippen MR) is 16.0 cm³/mol. The predicted octanol–water partition coefficient (Wildman–Crippen LogP) is -0.317. The molecule has 0 saturated heterocycles. The molecule has 0 bridgehead atoms. The summed E-state index contributed by atoms with van der Waals surface area (Å²) in [6, 6.07) is 0. The van der Waals surface area contributed by atoms with Crippen LogP contribution in [-0.4, -0.2) is 68.5 Å². The first-order valence-corrected chi connectivity index (χ1v) is 0. The maximum Gasteiger partial charge on any atom is 2.00 e. The molecule has 0 atom stereocenters. The Labute approximate surface area is 117 Å². The second kappa shape index (κ2) is 15.9. The van der Waals surface area contributed by atoms with E-state index in [-0.39, 0.29) is 120 Å². The van der Waals surface area contributed by atoms with Gasteiger partial charge in [0.2, 0.25) is 0 Å². The summed E-state index contributed by atoms with van der Waals surface area (Å²) in [5.41, 5.74) is 0. The van der Waals surface area contributed by atoms with Gasteiger partial charge in [-0.2, -0.15) is 0 Å². The van der Waals surface area contributed by atoms with Crippen molar-refractivity contribution in [1.29, 1.82) is 0 Å². The summed E-state index contributed by atoms with van der Waals surface area (Å²) in [5.74, 6) is 0. The van der Waals surface area contributed by atoms with Crippen LogP contribution in [-0.2, 0) is 45.7 Å². The molecule has 0 aliphatic rings. The molecular formula is H4MgSrZnZr. The smallest absolute Gasteiger partial charge is 1.00 e. The van der Waals surface area contributed by atoms with Crippen LogP contribution in [0.5, 0.6) is 0 Å². The molecule has 0 rings (SSSR count). The Morgan fingerprint density at radius 2 is 1.25 bits per heavy atom. The maximum atomic E-state index is 0. The van der Waals surface area contributed by atoms with E-state index in [1.807, 2.05) is 0 Å². The Morgan fingerprint density at radius 1 is 1.25 bits per heavy atom. The molecule has 0 fully saturated rings. The molecule has 0 unspecified atom stereocenters. The van der Waals surface area contributed by atoms with Crippen molar-refractivity contribution >= 4 is 68.5 Å². The molecule has 0 aromatic rings. The van der Waals surface area contributed by atoms with Gasteiger partial charge in [0.1, 0.15) is 0 Å². The van der Waals surface area contributed by atoms with E-state index in [4.69, 9.17) is 0 Å². The van der Waals surface area contributed by atoms with Crippen molar-refractivity contribution in [3.63, 3.8) is 0 Å². The number of rotatable bonds is 0. The minimum Gasteiger partial charge on any atom is -1.00 e.